The largest absolute Gasteiger partial charge is 0.460 e. The van der Waals surface area contributed by atoms with Crippen molar-refractivity contribution in [2.75, 3.05) is 13.7 Å². The highest BCUT2D eigenvalue weighted by molar-refractivity contribution is 5.70. The lowest BCUT2D eigenvalue weighted by Crippen LogP contribution is -2.55. The Hall–Kier alpha value is -0.910. The second kappa shape index (κ2) is 8.08. The zero-order valence-electron chi connectivity index (χ0n) is 18.6. The van der Waals surface area contributed by atoms with Crippen molar-refractivity contribution in [3.63, 3.8) is 0 Å². The fourth-order valence-electron chi connectivity index (χ4n) is 4.79. The average Bonchev–Trinajstić information content (AvgIpc) is 3.52. The molecule has 5 heteroatoms. The summed E-state index contributed by atoms with van der Waals surface area (Å²) in [4.78, 5) is 12.5. The summed E-state index contributed by atoms with van der Waals surface area (Å²) in [5, 5.41) is 0. The van der Waals surface area contributed by atoms with Gasteiger partial charge in [-0.1, -0.05) is 32.4 Å². The van der Waals surface area contributed by atoms with Gasteiger partial charge in [0.1, 0.15) is 23.4 Å². The Morgan fingerprint density at radius 1 is 1.29 bits per heavy atom. The van der Waals surface area contributed by atoms with Crippen LogP contribution >= 0.6 is 0 Å². The predicted molar refractivity (Wildman–Crippen MR) is 108 cm³/mol. The monoisotopic (exact) mass is 394 g/mol. The van der Waals surface area contributed by atoms with E-state index in [1.807, 2.05) is 0 Å². The van der Waals surface area contributed by atoms with Crippen LogP contribution in [0.4, 0.5) is 0 Å². The van der Waals surface area contributed by atoms with E-state index in [9.17, 15) is 4.79 Å². The Morgan fingerprint density at radius 3 is 2.50 bits per heavy atom. The normalized spacial score (nSPS) is 40.3. The molecule has 3 rings (SSSR count). The van der Waals surface area contributed by atoms with Crippen LogP contribution < -0.4 is 0 Å². The van der Waals surface area contributed by atoms with Crippen molar-refractivity contribution < 1.29 is 23.7 Å². The summed E-state index contributed by atoms with van der Waals surface area (Å²) in [5.74, 6) is 0.726. The maximum atomic E-state index is 12.5. The maximum Gasteiger partial charge on any atom is 0.306 e. The van der Waals surface area contributed by atoms with Crippen LogP contribution in [0.3, 0.4) is 0 Å². The van der Waals surface area contributed by atoms with E-state index >= 15 is 0 Å². The lowest BCUT2D eigenvalue weighted by atomic mass is 9.68. The summed E-state index contributed by atoms with van der Waals surface area (Å²) in [6.45, 7) is 13.5. The summed E-state index contributed by atoms with van der Waals surface area (Å²) >= 11 is 0. The van der Waals surface area contributed by atoms with E-state index in [-0.39, 0.29) is 41.4 Å². The summed E-state index contributed by atoms with van der Waals surface area (Å²) in [6, 6.07) is 0. The molecule has 0 bridgehead atoms. The Bertz CT molecular complexity index is 604. The molecule has 0 N–H and O–H groups in total. The highest BCUT2D eigenvalue weighted by Crippen LogP contribution is 2.59. The number of esters is 1. The molecule has 5 nitrogen and oxygen atoms in total. The molecule has 3 fully saturated rings. The summed E-state index contributed by atoms with van der Waals surface area (Å²) < 4.78 is 24.0. The van der Waals surface area contributed by atoms with Gasteiger partial charge in [0.25, 0.3) is 0 Å². The predicted octanol–water partition coefficient (Wildman–Crippen LogP) is 4.29. The molecule has 2 heterocycles. The van der Waals surface area contributed by atoms with Crippen LogP contribution in [0.1, 0.15) is 67.2 Å². The number of methoxy groups -OCH3 is 1. The van der Waals surface area contributed by atoms with E-state index in [1.165, 1.54) is 5.57 Å². The first kappa shape index (κ1) is 21.8. The minimum Gasteiger partial charge on any atom is -0.460 e. The van der Waals surface area contributed by atoms with Gasteiger partial charge in [0.2, 0.25) is 0 Å². The van der Waals surface area contributed by atoms with Gasteiger partial charge in [0.05, 0.1) is 18.6 Å². The van der Waals surface area contributed by atoms with Crippen LogP contribution in [0.2, 0.25) is 0 Å². The van der Waals surface area contributed by atoms with Gasteiger partial charge in [-0.2, -0.15) is 0 Å². The highest BCUT2D eigenvalue weighted by Gasteiger charge is 2.72. The molecule has 1 saturated carbocycles. The van der Waals surface area contributed by atoms with Crippen molar-refractivity contribution in [2.24, 2.45) is 17.8 Å². The van der Waals surface area contributed by atoms with Crippen molar-refractivity contribution in [2.45, 2.75) is 96.7 Å². The number of rotatable bonds is 8. The molecule has 2 aliphatic heterocycles. The number of allylic oxidation sites excluding steroid dienone is 1. The van der Waals surface area contributed by atoms with E-state index in [0.29, 0.717) is 18.3 Å². The van der Waals surface area contributed by atoms with Crippen molar-refractivity contribution in [3.8, 4) is 0 Å². The number of carbonyl (C=O) groups is 1. The molecule has 1 aliphatic carbocycles. The van der Waals surface area contributed by atoms with Gasteiger partial charge < -0.3 is 18.9 Å². The van der Waals surface area contributed by atoms with E-state index in [0.717, 1.165) is 25.9 Å². The Morgan fingerprint density at radius 2 is 1.96 bits per heavy atom. The molecule has 0 radical (unpaired) electrons. The van der Waals surface area contributed by atoms with Crippen molar-refractivity contribution in [1.82, 2.24) is 0 Å². The molecule has 0 aromatic heterocycles. The van der Waals surface area contributed by atoms with Crippen molar-refractivity contribution in [3.05, 3.63) is 11.6 Å². The Kier molecular flexibility index (Phi) is 6.29. The standard InChI is InChI=1S/C23H38O5/c1-14(2)8-9-18-22(6,28-18)21-20(25-7)17(10-11-23(21)13-26-23)27-19(24)12-16(5)15(3)4/h8,15-18,20-21H,9-13H2,1-7H3/t16-,17?,18-,20?,21?,22?,23+/m1/s1. The quantitative estimate of drug-likeness (QED) is 0.349. The molecule has 0 aromatic carbocycles. The van der Waals surface area contributed by atoms with Crippen molar-refractivity contribution in [1.29, 1.82) is 0 Å². The van der Waals surface area contributed by atoms with E-state index in [4.69, 9.17) is 18.9 Å². The van der Waals surface area contributed by atoms with Crippen LogP contribution in [0.15, 0.2) is 11.6 Å². The van der Waals surface area contributed by atoms with Crippen molar-refractivity contribution >= 4 is 5.97 Å². The molecule has 7 atom stereocenters. The summed E-state index contributed by atoms with van der Waals surface area (Å²) in [6.07, 6.45) is 4.99. The molecule has 2 saturated heterocycles. The lowest BCUT2D eigenvalue weighted by molar-refractivity contribution is -0.173. The topological polar surface area (TPSA) is 60.6 Å². The van der Waals surface area contributed by atoms with Gasteiger partial charge in [-0.25, -0.2) is 0 Å². The smallest absolute Gasteiger partial charge is 0.306 e. The van der Waals surface area contributed by atoms with Crippen LogP contribution in [-0.4, -0.2) is 49.2 Å². The molecule has 1 spiro atoms. The Labute approximate surface area is 170 Å². The first-order valence-corrected chi connectivity index (χ1v) is 10.8. The number of carbonyl (C=O) groups excluding carboxylic acids is 1. The van der Waals surface area contributed by atoms with Crippen LogP contribution in [0, 0.1) is 17.8 Å². The Balaban J connectivity index is 1.71. The van der Waals surface area contributed by atoms with E-state index < -0.39 is 0 Å². The highest BCUT2D eigenvalue weighted by atomic mass is 16.6. The molecular formula is C23H38O5. The first-order chi connectivity index (χ1) is 13.1. The zero-order valence-corrected chi connectivity index (χ0v) is 18.6. The third kappa shape index (κ3) is 4.31. The molecular weight excluding hydrogens is 356 g/mol. The molecule has 3 aliphatic rings. The fourth-order valence-corrected chi connectivity index (χ4v) is 4.79. The van der Waals surface area contributed by atoms with Gasteiger partial charge in [-0.15, -0.1) is 0 Å². The average molecular weight is 395 g/mol. The lowest BCUT2D eigenvalue weighted by Gasteiger charge is -2.42. The third-order valence-corrected chi connectivity index (χ3v) is 7.15. The van der Waals surface area contributed by atoms with E-state index in [1.54, 1.807) is 7.11 Å². The molecule has 28 heavy (non-hydrogen) atoms. The number of hydrogen-bond acceptors (Lipinski definition) is 5. The number of ether oxygens (including phenoxy) is 4. The number of epoxide rings is 2. The number of hydrogen-bond donors (Lipinski definition) is 0. The van der Waals surface area contributed by atoms with Crippen LogP contribution in [0.5, 0.6) is 0 Å². The molecule has 4 unspecified atom stereocenters. The molecule has 160 valence electrons. The maximum absolute atomic E-state index is 12.5. The second-order valence-corrected chi connectivity index (χ2v) is 9.83. The third-order valence-electron chi connectivity index (χ3n) is 7.15. The summed E-state index contributed by atoms with van der Waals surface area (Å²) in [5.41, 5.74) is 0.830. The van der Waals surface area contributed by atoms with Gasteiger partial charge in [-0.05, 0) is 51.9 Å². The van der Waals surface area contributed by atoms with Gasteiger partial charge in [0.15, 0.2) is 0 Å². The van der Waals surface area contributed by atoms with Gasteiger partial charge in [-0.3, -0.25) is 4.79 Å². The van der Waals surface area contributed by atoms with Gasteiger partial charge >= 0.3 is 5.97 Å². The minimum atomic E-state index is -0.292. The first-order valence-electron chi connectivity index (χ1n) is 10.8. The SMILES string of the molecule is COC1C(OC(=O)C[C@@H](C)C(C)C)CC[C@]2(CO2)C1C1(C)O[C@@H]1CC=C(C)C. The van der Waals surface area contributed by atoms with Crippen LogP contribution in [-0.2, 0) is 23.7 Å². The minimum absolute atomic E-state index is 0.0784. The molecule has 0 amide bonds. The summed E-state index contributed by atoms with van der Waals surface area (Å²) in [7, 11) is 1.72. The zero-order chi connectivity index (χ0) is 20.7. The van der Waals surface area contributed by atoms with Crippen LogP contribution in [0.25, 0.3) is 0 Å². The van der Waals surface area contributed by atoms with Gasteiger partial charge in [0, 0.05) is 13.5 Å². The molecule has 0 aromatic rings. The van der Waals surface area contributed by atoms with E-state index in [2.05, 4.69) is 47.6 Å². The fraction of sp³-hybridized carbons (Fsp3) is 0.870. The second-order valence-electron chi connectivity index (χ2n) is 9.83.